The van der Waals surface area contributed by atoms with Crippen molar-refractivity contribution < 1.29 is 14.3 Å². The lowest BCUT2D eigenvalue weighted by Crippen LogP contribution is -2.37. The average molecular weight is 280 g/mol. The van der Waals surface area contributed by atoms with E-state index in [1.165, 1.54) is 0 Å². The van der Waals surface area contributed by atoms with Gasteiger partial charge in [-0.1, -0.05) is 24.3 Å². The minimum Gasteiger partial charge on any atom is -0.383 e. The van der Waals surface area contributed by atoms with Gasteiger partial charge in [0.25, 0.3) is 0 Å². The fourth-order valence-electron chi connectivity index (χ4n) is 1.84. The first-order valence-electron chi connectivity index (χ1n) is 6.74. The summed E-state index contributed by atoms with van der Waals surface area (Å²) in [7, 11) is 3.26. The number of amides is 1. The molecule has 20 heavy (non-hydrogen) atoms. The molecule has 0 fully saturated rings. The van der Waals surface area contributed by atoms with E-state index in [9.17, 15) is 4.79 Å². The number of nitrogens with zero attached hydrogens (tertiary/aromatic N) is 1. The molecule has 1 aromatic rings. The summed E-state index contributed by atoms with van der Waals surface area (Å²) in [5.41, 5.74) is 7.62. The van der Waals surface area contributed by atoms with Crippen molar-refractivity contribution in [3.63, 3.8) is 0 Å². The van der Waals surface area contributed by atoms with Gasteiger partial charge in [-0.15, -0.1) is 0 Å². The molecule has 112 valence electrons. The predicted octanol–water partition coefficient (Wildman–Crippen LogP) is 0.809. The Balaban J connectivity index is 2.58. The van der Waals surface area contributed by atoms with Crippen LogP contribution in [0.5, 0.6) is 0 Å². The maximum Gasteiger partial charge on any atom is 0.227 e. The number of carbonyl (C=O) groups is 1. The van der Waals surface area contributed by atoms with Crippen LogP contribution in [-0.2, 0) is 27.2 Å². The van der Waals surface area contributed by atoms with Crippen molar-refractivity contribution in [2.75, 3.05) is 40.5 Å². The van der Waals surface area contributed by atoms with Crippen molar-refractivity contribution in [3.05, 3.63) is 35.4 Å². The summed E-state index contributed by atoms with van der Waals surface area (Å²) in [4.78, 5) is 14.0. The van der Waals surface area contributed by atoms with Crippen LogP contribution >= 0.6 is 0 Å². The topological polar surface area (TPSA) is 64.8 Å². The van der Waals surface area contributed by atoms with Gasteiger partial charge in [-0.2, -0.15) is 0 Å². The van der Waals surface area contributed by atoms with Gasteiger partial charge in [0.1, 0.15) is 0 Å². The molecule has 0 bridgehead atoms. The molecule has 0 saturated carbocycles. The molecule has 1 amide bonds. The maximum absolute atomic E-state index is 12.3. The van der Waals surface area contributed by atoms with E-state index in [4.69, 9.17) is 15.2 Å². The van der Waals surface area contributed by atoms with E-state index in [0.29, 0.717) is 39.3 Å². The lowest BCUT2D eigenvalue weighted by atomic mass is 10.1. The number of ether oxygens (including phenoxy) is 2. The lowest BCUT2D eigenvalue weighted by Gasteiger charge is -2.22. The summed E-state index contributed by atoms with van der Waals surface area (Å²) in [6, 6.07) is 7.81. The zero-order valence-corrected chi connectivity index (χ0v) is 12.3. The van der Waals surface area contributed by atoms with Gasteiger partial charge in [0.2, 0.25) is 5.91 Å². The maximum atomic E-state index is 12.3. The Labute approximate surface area is 120 Å². The fourth-order valence-corrected chi connectivity index (χ4v) is 1.84. The molecule has 5 nitrogen and oxygen atoms in total. The molecule has 0 aliphatic carbocycles. The molecule has 0 spiro atoms. The number of nitrogens with two attached hydrogens (primary N) is 1. The molecule has 5 heteroatoms. The van der Waals surface area contributed by atoms with Crippen LogP contribution in [0.4, 0.5) is 0 Å². The van der Waals surface area contributed by atoms with Crippen molar-refractivity contribution >= 4 is 5.91 Å². The van der Waals surface area contributed by atoms with Gasteiger partial charge in [0.05, 0.1) is 19.6 Å². The number of benzene rings is 1. The van der Waals surface area contributed by atoms with E-state index in [1.54, 1.807) is 19.1 Å². The first-order valence-corrected chi connectivity index (χ1v) is 6.74. The van der Waals surface area contributed by atoms with E-state index in [-0.39, 0.29) is 5.91 Å². The van der Waals surface area contributed by atoms with Gasteiger partial charge in [-0.25, -0.2) is 0 Å². The zero-order chi connectivity index (χ0) is 14.8. The molecule has 0 atom stereocenters. The Bertz CT molecular complexity index is 385. The van der Waals surface area contributed by atoms with E-state index >= 15 is 0 Å². The second-order valence-corrected chi connectivity index (χ2v) is 4.56. The Morgan fingerprint density at radius 3 is 2.00 bits per heavy atom. The molecule has 0 aliphatic rings. The SMILES string of the molecule is COCCN(CCOC)C(=O)Cc1ccc(CN)cc1. The molecule has 1 rings (SSSR count). The number of hydrogen-bond acceptors (Lipinski definition) is 4. The molecular formula is C15H24N2O3. The Morgan fingerprint density at radius 1 is 1.05 bits per heavy atom. The monoisotopic (exact) mass is 280 g/mol. The van der Waals surface area contributed by atoms with Crippen LogP contribution in [0.25, 0.3) is 0 Å². The second kappa shape index (κ2) is 9.47. The highest BCUT2D eigenvalue weighted by atomic mass is 16.5. The summed E-state index contributed by atoms with van der Waals surface area (Å²) in [6.07, 6.45) is 0.387. The van der Waals surface area contributed by atoms with E-state index < -0.39 is 0 Å². The van der Waals surface area contributed by atoms with Crippen LogP contribution in [0.15, 0.2) is 24.3 Å². The normalized spacial score (nSPS) is 10.6. The molecule has 0 heterocycles. The van der Waals surface area contributed by atoms with Crippen molar-refractivity contribution in [2.24, 2.45) is 5.73 Å². The number of hydrogen-bond donors (Lipinski definition) is 1. The molecule has 0 aromatic heterocycles. The van der Waals surface area contributed by atoms with Crippen molar-refractivity contribution in [3.8, 4) is 0 Å². The highest BCUT2D eigenvalue weighted by Crippen LogP contribution is 2.06. The molecular weight excluding hydrogens is 256 g/mol. The second-order valence-electron chi connectivity index (χ2n) is 4.56. The third kappa shape index (κ3) is 5.69. The first kappa shape index (κ1) is 16.6. The first-order chi connectivity index (χ1) is 9.71. The van der Waals surface area contributed by atoms with Crippen molar-refractivity contribution in [2.45, 2.75) is 13.0 Å². The zero-order valence-electron chi connectivity index (χ0n) is 12.3. The number of rotatable bonds is 9. The van der Waals surface area contributed by atoms with Crippen LogP contribution in [0, 0.1) is 0 Å². The Hall–Kier alpha value is -1.43. The lowest BCUT2D eigenvalue weighted by molar-refractivity contribution is -0.131. The smallest absolute Gasteiger partial charge is 0.227 e. The highest BCUT2D eigenvalue weighted by Gasteiger charge is 2.13. The minimum atomic E-state index is 0.0830. The van der Waals surface area contributed by atoms with Crippen LogP contribution in [0.3, 0.4) is 0 Å². The van der Waals surface area contributed by atoms with E-state index in [2.05, 4.69) is 0 Å². The van der Waals surface area contributed by atoms with Gasteiger partial charge in [0, 0.05) is 33.9 Å². The third-order valence-corrected chi connectivity index (χ3v) is 3.10. The van der Waals surface area contributed by atoms with Gasteiger partial charge in [0.15, 0.2) is 0 Å². The van der Waals surface area contributed by atoms with Crippen molar-refractivity contribution in [1.29, 1.82) is 0 Å². The van der Waals surface area contributed by atoms with Crippen LogP contribution in [0.2, 0.25) is 0 Å². The largest absolute Gasteiger partial charge is 0.383 e. The quantitative estimate of drug-likeness (QED) is 0.727. The number of methoxy groups -OCH3 is 2. The van der Waals surface area contributed by atoms with Crippen LogP contribution in [0.1, 0.15) is 11.1 Å². The summed E-state index contributed by atoms with van der Waals surface area (Å²) in [6.45, 7) is 2.74. The summed E-state index contributed by atoms with van der Waals surface area (Å²) in [5, 5.41) is 0. The van der Waals surface area contributed by atoms with Gasteiger partial charge >= 0.3 is 0 Å². The molecule has 0 unspecified atom stereocenters. The van der Waals surface area contributed by atoms with Gasteiger partial charge in [-0.3, -0.25) is 4.79 Å². The van der Waals surface area contributed by atoms with E-state index in [0.717, 1.165) is 11.1 Å². The summed E-state index contributed by atoms with van der Waals surface area (Å²) < 4.78 is 10.1. The fraction of sp³-hybridized carbons (Fsp3) is 0.533. The number of carbonyl (C=O) groups excluding carboxylic acids is 1. The molecule has 0 radical (unpaired) electrons. The van der Waals surface area contributed by atoms with Crippen LogP contribution in [-0.4, -0.2) is 51.3 Å². The average Bonchev–Trinajstić information content (AvgIpc) is 2.48. The molecule has 2 N–H and O–H groups in total. The predicted molar refractivity (Wildman–Crippen MR) is 78.4 cm³/mol. The highest BCUT2D eigenvalue weighted by molar-refractivity contribution is 5.78. The summed E-state index contributed by atoms with van der Waals surface area (Å²) >= 11 is 0. The third-order valence-electron chi connectivity index (χ3n) is 3.10. The minimum absolute atomic E-state index is 0.0830. The van der Waals surface area contributed by atoms with Crippen molar-refractivity contribution in [1.82, 2.24) is 4.90 Å². The Kier molecular flexibility index (Phi) is 7.87. The van der Waals surface area contributed by atoms with E-state index in [1.807, 2.05) is 24.3 Å². The van der Waals surface area contributed by atoms with Crippen LogP contribution < -0.4 is 5.73 Å². The molecule has 0 aliphatic heterocycles. The molecule has 1 aromatic carbocycles. The van der Waals surface area contributed by atoms with Gasteiger partial charge < -0.3 is 20.1 Å². The standard InChI is InChI=1S/C15H24N2O3/c1-19-9-7-17(8-10-20-2)15(18)11-13-3-5-14(12-16)6-4-13/h3-6H,7-12,16H2,1-2H3. The molecule has 0 saturated heterocycles. The Morgan fingerprint density at radius 2 is 1.55 bits per heavy atom. The van der Waals surface area contributed by atoms with Gasteiger partial charge in [-0.05, 0) is 11.1 Å². The summed E-state index contributed by atoms with van der Waals surface area (Å²) in [5.74, 6) is 0.0830.